The lowest BCUT2D eigenvalue weighted by Crippen LogP contribution is -2.36. The predicted octanol–water partition coefficient (Wildman–Crippen LogP) is 5.32. The van der Waals surface area contributed by atoms with E-state index in [1.807, 2.05) is 30.3 Å². The maximum atomic E-state index is 11.2. The topological polar surface area (TPSA) is 80.6 Å². The molecule has 0 aromatic heterocycles. The number of hydrogen-bond acceptors (Lipinski definition) is 6. The molecule has 3 aromatic rings. The lowest BCUT2D eigenvalue weighted by atomic mass is 10.1. The van der Waals surface area contributed by atoms with E-state index in [1.165, 1.54) is 5.69 Å². The molecule has 1 aliphatic heterocycles. The maximum Gasteiger partial charge on any atom is 0.335 e. The molecule has 3 aromatic carbocycles. The van der Waals surface area contributed by atoms with E-state index in [2.05, 4.69) is 38.0 Å². The lowest BCUT2D eigenvalue weighted by molar-refractivity contribution is 0.0696. The number of hydrogen-bond donors (Lipinski definition) is 1. The van der Waals surface area contributed by atoms with Crippen LogP contribution in [0.5, 0.6) is 11.5 Å². The summed E-state index contributed by atoms with van der Waals surface area (Å²) in [4.78, 5) is 18.1. The summed E-state index contributed by atoms with van der Waals surface area (Å²) in [6.45, 7) is 3.51. The van der Waals surface area contributed by atoms with Crippen LogP contribution in [0.4, 0.5) is 11.4 Å². The summed E-state index contributed by atoms with van der Waals surface area (Å²) in [5.41, 5.74) is 3.84. The van der Waals surface area contributed by atoms with Gasteiger partial charge in [-0.1, -0.05) is 12.1 Å². The van der Waals surface area contributed by atoms with Crippen LogP contribution < -0.4 is 14.4 Å². The second-order valence-electron chi connectivity index (χ2n) is 7.70. The van der Waals surface area contributed by atoms with Gasteiger partial charge in [0.25, 0.3) is 0 Å². The molecule has 1 N–H and O–H groups in total. The van der Waals surface area contributed by atoms with Crippen molar-refractivity contribution in [3.05, 3.63) is 81.8 Å². The number of ether oxygens (including phenoxy) is 3. The average Bonchev–Trinajstić information content (AvgIpc) is 2.87. The molecule has 7 nitrogen and oxygen atoms in total. The number of carboxylic acid groups (broad SMARTS) is 1. The highest BCUT2D eigenvalue weighted by Crippen LogP contribution is 2.37. The summed E-state index contributed by atoms with van der Waals surface area (Å²) in [6, 6.07) is 18.5. The highest BCUT2D eigenvalue weighted by molar-refractivity contribution is 9.10. The minimum Gasteiger partial charge on any atom is -0.493 e. The summed E-state index contributed by atoms with van der Waals surface area (Å²) < 4.78 is 17.6. The van der Waals surface area contributed by atoms with Gasteiger partial charge in [-0.2, -0.15) is 0 Å². The number of morpholine rings is 1. The number of halogens is 1. The van der Waals surface area contributed by atoms with E-state index < -0.39 is 5.97 Å². The van der Waals surface area contributed by atoms with Gasteiger partial charge in [0.1, 0.15) is 6.61 Å². The largest absolute Gasteiger partial charge is 0.493 e. The van der Waals surface area contributed by atoms with Crippen molar-refractivity contribution >= 4 is 39.5 Å². The Balaban J connectivity index is 1.45. The Bertz CT molecular complexity index is 1170. The van der Waals surface area contributed by atoms with Crippen molar-refractivity contribution in [3.8, 4) is 11.5 Å². The molecule has 176 valence electrons. The molecule has 0 amide bonds. The zero-order valence-electron chi connectivity index (χ0n) is 18.7. The van der Waals surface area contributed by atoms with E-state index in [4.69, 9.17) is 14.2 Å². The SMILES string of the molecule is COc1cc(C=Nc2ccc(N3CCOCC3)cc2)cc(Br)c1OCc1cccc(C(=O)O)c1. The van der Waals surface area contributed by atoms with Crippen LogP contribution in [0.3, 0.4) is 0 Å². The van der Waals surface area contributed by atoms with Crippen LogP contribution in [0.2, 0.25) is 0 Å². The van der Waals surface area contributed by atoms with Crippen molar-refractivity contribution in [1.82, 2.24) is 0 Å². The highest BCUT2D eigenvalue weighted by Gasteiger charge is 2.13. The molecule has 0 atom stereocenters. The molecular formula is C26H25BrN2O5. The Morgan fingerprint density at radius 2 is 1.91 bits per heavy atom. The Morgan fingerprint density at radius 3 is 2.62 bits per heavy atom. The number of aliphatic imine (C=N–C) groups is 1. The number of benzene rings is 3. The Hall–Kier alpha value is -3.36. The predicted molar refractivity (Wildman–Crippen MR) is 135 cm³/mol. The molecule has 1 heterocycles. The van der Waals surface area contributed by atoms with Crippen molar-refractivity contribution in [3.63, 3.8) is 0 Å². The van der Waals surface area contributed by atoms with Crippen LogP contribution >= 0.6 is 15.9 Å². The van der Waals surface area contributed by atoms with Gasteiger partial charge in [0.05, 0.1) is 36.0 Å². The average molecular weight is 525 g/mol. The molecule has 1 saturated heterocycles. The van der Waals surface area contributed by atoms with Crippen molar-refractivity contribution < 1.29 is 24.1 Å². The van der Waals surface area contributed by atoms with Crippen LogP contribution in [-0.2, 0) is 11.3 Å². The van der Waals surface area contributed by atoms with Gasteiger partial charge < -0.3 is 24.2 Å². The molecule has 0 aliphatic carbocycles. The van der Waals surface area contributed by atoms with E-state index in [0.29, 0.717) is 16.0 Å². The quantitative estimate of drug-likeness (QED) is 0.401. The Labute approximate surface area is 206 Å². The molecule has 4 rings (SSSR count). The zero-order chi connectivity index (χ0) is 23.9. The van der Waals surface area contributed by atoms with Gasteiger partial charge in [-0.3, -0.25) is 4.99 Å². The van der Waals surface area contributed by atoms with Crippen LogP contribution in [0, 0.1) is 0 Å². The van der Waals surface area contributed by atoms with Crippen molar-refractivity contribution in [2.24, 2.45) is 4.99 Å². The fourth-order valence-corrected chi connectivity index (χ4v) is 4.20. The molecule has 0 saturated carbocycles. The van der Waals surface area contributed by atoms with Gasteiger partial charge in [0, 0.05) is 25.0 Å². The number of carboxylic acids is 1. The van der Waals surface area contributed by atoms with E-state index in [9.17, 15) is 9.90 Å². The second-order valence-corrected chi connectivity index (χ2v) is 8.56. The molecule has 0 unspecified atom stereocenters. The van der Waals surface area contributed by atoms with Gasteiger partial charge in [-0.15, -0.1) is 0 Å². The minimum atomic E-state index is -0.972. The summed E-state index contributed by atoms with van der Waals surface area (Å²) in [6.07, 6.45) is 1.77. The van der Waals surface area contributed by atoms with Crippen molar-refractivity contribution in [2.45, 2.75) is 6.61 Å². The third-order valence-corrected chi connectivity index (χ3v) is 5.99. The monoisotopic (exact) mass is 524 g/mol. The standard InChI is InChI=1S/C26H25BrN2O5/c1-32-24-15-19(16-28-21-5-7-22(8-6-21)29-9-11-33-12-10-29)14-23(27)25(24)34-17-18-3-2-4-20(13-18)26(30)31/h2-8,13-16H,9-12,17H2,1H3,(H,30,31). The summed E-state index contributed by atoms with van der Waals surface area (Å²) in [5.74, 6) is 0.114. The fraction of sp³-hybridized carbons (Fsp3) is 0.231. The first kappa shape index (κ1) is 23.8. The summed E-state index contributed by atoms with van der Waals surface area (Å²) >= 11 is 3.55. The molecule has 0 bridgehead atoms. The number of carbonyl (C=O) groups is 1. The van der Waals surface area contributed by atoms with Crippen LogP contribution in [0.1, 0.15) is 21.5 Å². The van der Waals surface area contributed by atoms with Gasteiger partial charge in [0.2, 0.25) is 0 Å². The van der Waals surface area contributed by atoms with Gasteiger partial charge >= 0.3 is 5.97 Å². The van der Waals surface area contributed by atoms with Gasteiger partial charge in [0.15, 0.2) is 11.5 Å². The normalized spacial score (nSPS) is 13.8. The molecule has 1 fully saturated rings. The zero-order valence-corrected chi connectivity index (χ0v) is 20.3. The first-order valence-corrected chi connectivity index (χ1v) is 11.6. The van der Waals surface area contributed by atoms with E-state index >= 15 is 0 Å². The number of nitrogens with zero attached hydrogens (tertiary/aromatic N) is 2. The minimum absolute atomic E-state index is 0.207. The maximum absolute atomic E-state index is 11.2. The highest BCUT2D eigenvalue weighted by atomic mass is 79.9. The molecule has 34 heavy (non-hydrogen) atoms. The number of rotatable bonds is 8. The first-order valence-electron chi connectivity index (χ1n) is 10.8. The molecule has 0 spiro atoms. The molecule has 8 heteroatoms. The second kappa shape index (κ2) is 11.2. The number of methoxy groups -OCH3 is 1. The Morgan fingerprint density at radius 1 is 1.15 bits per heavy atom. The van der Waals surface area contributed by atoms with Gasteiger partial charge in [-0.05, 0) is 75.6 Å². The van der Waals surface area contributed by atoms with E-state index in [0.717, 1.165) is 43.1 Å². The molecule has 1 aliphatic rings. The fourth-order valence-electron chi connectivity index (χ4n) is 3.62. The summed E-state index contributed by atoms with van der Waals surface area (Å²) in [5, 5.41) is 9.17. The smallest absolute Gasteiger partial charge is 0.335 e. The molecular weight excluding hydrogens is 500 g/mol. The van der Waals surface area contributed by atoms with Crippen molar-refractivity contribution in [1.29, 1.82) is 0 Å². The molecule has 0 radical (unpaired) electrons. The lowest BCUT2D eigenvalue weighted by Gasteiger charge is -2.28. The van der Waals surface area contributed by atoms with E-state index in [1.54, 1.807) is 31.5 Å². The van der Waals surface area contributed by atoms with Crippen LogP contribution in [0.15, 0.2) is 70.1 Å². The summed E-state index contributed by atoms with van der Waals surface area (Å²) in [7, 11) is 1.57. The third-order valence-electron chi connectivity index (χ3n) is 5.40. The number of anilines is 1. The van der Waals surface area contributed by atoms with Crippen molar-refractivity contribution in [2.75, 3.05) is 38.3 Å². The van der Waals surface area contributed by atoms with Crippen LogP contribution in [0.25, 0.3) is 0 Å². The van der Waals surface area contributed by atoms with Gasteiger partial charge in [-0.25, -0.2) is 4.79 Å². The number of aromatic carboxylic acids is 1. The first-order chi connectivity index (χ1) is 16.5. The Kier molecular flexibility index (Phi) is 7.82. The third kappa shape index (κ3) is 5.95. The van der Waals surface area contributed by atoms with E-state index in [-0.39, 0.29) is 12.2 Å². The van der Waals surface area contributed by atoms with Crippen LogP contribution in [-0.4, -0.2) is 50.7 Å².